The topological polar surface area (TPSA) is 64.9 Å². The van der Waals surface area contributed by atoms with Gasteiger partial charge in [0.15, 0.2) is 0 Å². The van der Waals surface area contributed by atoms with E-state index in [1.54, 1.807) is 25.1 Å². The Kier molecular flexibility index (Phi) is 5.36. The molecule has 6 heteroatoms. The van der Waals surface area contributed by atoms with Crippen molar-refractivity contribution in [3.8, 4) is 5.75 Å². The minimum absolute atomic E-state index is 0.0744. The van der Waals surface area contributed by atoms with E-state index in [2.05, 4.69) is 36.5 Å². The molecule has 0 radical (unpaired) electrons. The van der Waals surface area contributed by atoms with Crippen molar-refractivity contribution in [2.45, 2.75) is 44.8 Å². The summed E-state index contributed by atoms with van der Waals surface area (Å²) in [4.78, 5) is 18.7. The van der Waals surface area contributed by atoms with Crippen LogP contribution in [-0.2, 0) is 4.79 Å². The van der Waals surface area contributed by atoms with Crippen molar-refractivity contribution in [3.05, 3.63) is 64.2 Å². The van der Waals surface area contributed by atoms with Crippen LogP contribution >= 0.6 is 11.6 Å². The van der Waals surface area contributed by atoms with E-state index in [9.17, 15) is 9.90 Å². The molecule has 152 valence electrons. The first-order chi connectivity index (χ1) is 13.8. The maximum Gasteiger partial charge on any atom is 0.219 e. The molecule has 2 aliphatic rings. The predicted octanol–water partition coefficient (Wildman–Crippen LogP) is 4.22. The quantitative estimate of drug-likeness (QED) is 0.777. The van der Waals surface area contributed by atoms with Crippen molar-refractivity contribution in [2.24, 2.45) is 4.99 Å². The number of likely N-dealkylation sites (tertiary alicyclic amines) is 1. The third-order valence-electron chi connectivity index (χ3n) is 5.97. The highest BCUT2D eigenvalue weighted by molar-refractivity contribution is 6.31. The van der Waals surface area contributed by atoms with E-state index >= 15 is 0 Å². The fourth-order valence-electron chi connectivity index (χ4n) is 4.26. The molecule has 4 rings (SSSR count). The number of hydrogen-bond donors (Lipinski definition) is 2. The van der Waals surface area contributed by atoms with Crippen LogP contribution in [0.15, 0.2) is 47.5 Å². The molecule has 1 spiro atoms. The van der Waals surface area contributed by atoms with Crippen molar-refractivity contribution >= 4 is 23.2 Å². The third-order valence-corrected chi connectivity index (χ3v) is 6.21. The van der Waals surface area contributed by atoms with E-state index in [-0.39, 0.29) is 17.7 Å². The highest BCUT2D eigenvalue weighted by atomic mass is 35.5. The van der Waals surface area contributed by atoms with Gasteiger partial charge >= 0.3 is 0 Å². The second kappa shape index (κ2) is 7.81. The fraction of sp³-hybridized carbons (Fsp3) is 0.391. The Morgan fingerprint density at radius 1 is 1.21 bits per heavy atom. The SMILES string of the molecule is CC(=O)N1CCC2(CC1)N=C(c1cc(Cl)ccc1O)C[C@H](c1ccc(C)cc1)N2. The number of amides is 1. The van der Waals surface area contributed by atoms with Gasteiger partial charge < -0.3 is 10.0 Å². The molecule has 2 heterocycles. The first kappa shape index (κ1) is 19.9. The maximum atomic E-state index is 11.8. The zero-order valence-electron chi connectivity index (χ0n) is 16.8. The van der Waals surface area contributed by atoms with E-state index in [1.165, 1.54) is 11.1 Å². The Morgan fingerprint density at radius 2 is 1.90 bits per heavy atom. The van der Waals surface area contributed by atoms with E-state index in [1.807, 2.05) is 4.90 Å². The van der Waals surface area contributed by atoms with Crippen molar-refractivity contribution in [1.29, 1.82) is 0 Å². The second-order valence-corrected chi connectivity index (χ2v) is 8.51. The molecule has 0 aromatic heterocycles. The van der Waals surface area contributed by atoms with Gasteiger partial charge in [-0.15, -0.1) is 0 Å². The van der Waals surface area contributed by atoms with Gasteiger partial charge in [0.25, 0.3) is 0 Å². The van der Waals surface area contributed by atoms with Crippen LogP contribution in [0.2, 0.25) is 5.02 Å². The number of carbonyl (C=O) groups excluding carboxylic acids is 1. The summed E-state index contributed by atoms with van der Waals surface area (Å²) in [6, 6.07) is 13.7. The van der Waals surface area contributed by atoms with Gasteiger partial charge in [-0.25, -0.2) is 0 Å². The van der Waals surface area contributed by atoms with Crippen molar-refractivity contribution in [3.63, 3.8) is 0 Å². The van der Waals surface area contributed by atoms with Gasteiger partial charge in [0.2, 0.25) is 5.91 Å². The highest BCUT2D eigenvalue weighted by Crippen LogP contribution is 2.37. The predicted molar refractivity (Wildman–Crippen MR) is 116 cm³/mol. The lowest BCUT2D eigenvalue weighted by molar-refractivity contribution is -0.130. The van der Waals surface area contributed by atoms with E-state index < -0.39 is 5.66 Å². The number of halogens is 1. The maximum absolute atomic E-state index is 11.8. The van der Waals surface area contributed by atoms with E-state index in [0.29, 0.717) is 30.1 Å². The Hall–Kier alpha value is -2.37. The lowest BCUT2D eigenvalue weighted by Gasteiger charge is -2.45. The summed E-state index contributed by atoms with van der Waals surface area (Å²) in [5.41, 5.74) is 3.49. The number of aliphatic imine (C=N–C) groups is 1. The van der Waals surface area contributed by atoms with E-state index in [4.69, 9.17) is 16.6 Å². The summed E-state index contributed by atoms with van der Waals surface area (Å²) in [6.07, 6.45) is 2.13. The largest absolute Gasteiger partial charge is 0.507 e. The fourth-order valence-corrected chi connectivity index (χ4v) is 4.43. The molecule has 29 heavy (non-hydrogen) atoms. The van der Waals surface area contributed by atoms with Gasteiger partial charge in [0.1, 0.15) is 11.4 Å². The summed E-state index contributed by atoms with van der Waals surface area (Å²) in [5.74, 6) is 0.288. The molecule has 0 bridgehead atoms. The van der Waals surface area contributed by atoms with Crippen LogP contribution in [0.4, 0.5) is 0 Å². The lowest BCUT2D eigenvalue weighted by Crippen LogP contribution is -2.56. The van der Waals surface area contributed by atoms with Gasteiger partial charge in [-0.1, -0.05) is 41.4 Å². The van der Waals surface area contributed by atoms with Crippen LogP contribution in [0.1, 0.15) is 48.9 Å². The molecule has 0 saturated carbocycles. The molecule has 0 aliphatic carbocycles. The number of phenols is 1. The summed E-state index contributed by atoms with van der Waals surface area (Å²) >= 11 is 6.21. The molecular formula is C23H26ClN3O2. The average molecular weight is 412 g/mol. The van der Waals surface area contributed by atoms with Crippen LogP contribution in [0.5, 0.6) is 5.75 Å². The van der Waals surface area contributed by atoms with Gasteiger partial charge in [-0.3, -0.25) is 15.1 Å². The first-order valence-electron chi connectivity index (χ1n) is 10.0. The number of aromatic hydroxyl groups is 1. The summed E-state index contributed by atoms with van der Waals surface area (Å²) in [7, 11) is 0. The smallest absolute Gasteiger partial charge is 0.219 e. The molecule has 2 aliphatic heterocycles. The van der Waals surface area contributed by atoms with Crippen molar-refractivity contribution < 1.29 is 9.90 Å². The number of carbonyl (C=O) groups is 1. The number of benzene rings is 2. The molecule has 5 nitrogen and oxygen atoms in total. The van der Waals surface area contributed by atoms with Crippen LogP contribution in [-0.4, -0.2) is 40.4 Å². The van der Waals surface area contributed by atoms with Crippen molar-refractivity contribution in [2.75, 3.05) is 13.1 Å². The molecule has 2 N–H and O–H groups in total. The Morgan fingerprint density at radius 3 is 2.55 bits per heavy atom. The van der Waals surface area contributed by atoms with E-state index in [0.717, 1.165) is 18.6 Å². The van der Waals surface area contributed by atoms with Crippen LogP contribution in [0, 0.1) is 6.92 Å². The van der Waals surface area contributed by atoms with Gasteiger partial charge in [0, 0.05) is 61.6 Å². The minimum Gasteiger partial charge on any atom is -0.507 e. The number of aryl methyl sites for hydroxylation is 1. The Labute approximate surface area is 176 Å². The number of phenolic OH excluding ortho intramolecular Hbond substituents is 1. The number of rotatable bonds is 2. The second-order valence-electron chi connectivity index (χ2n) is 8.07. The summed E-state index contributed by atoms with van der Waals surface area (Å²) < 4.78 is 0. The van der Waals surface area contributed by atoms with Gasteiger partial charge in [-0.2, -0.15) is 0 Å². The zero-order valence-corrected chi connectivity index (χ0v) is 17.5. The molecule has 1 fully saturated rings. The minimum atomic E-state index is -0.455. The van der Waals surface area contributed by atoms with Crippen LogP contribution < -0.4 is 5.32 Å². The average Bonchev–Trinajstić information content (AvgIpc) is 2.70. The van der Waals surface area contributed by atoms with Gasteiger partial charge in [0.05, 0.1) is 0 Å². The van der Waals surface area contributed by atoms with Crippen molar-refractivity contribution in [1.82, 2.24) is 10.2 Å². The molecule has 1 amide bonds. The molecule has 0 unspecified atom stereocenters. The Balaban J connectivity index is 1.72. The molecular weight excluding hydrogens is 386 g/mol. The summed E-state index contributed by atoms with van der Waals surface area (Å²) in [5, 5.41) is 14.8. The molecule has 1 saturated heterocycles. The number of piperidine rings is 1. The van der Waals surface area contributed by atoms with Crippen LogP contribution in [0.3, 0.4) is 0 Å². The number of nitrogens with zero attached hydrogens (tertiary/aromatic N) is 2. The highest BCUT2D eigenvalue weighted by Gasteiger charge is 2.40. The summed E-state index contributed by atoms with van der Waals surface area (Å²) in [6.45, 7) is 5.02. The Bertz CT molecular complexity index is 947. The molecule has 1 atom stereocenters. The number of nitrogens with one attached hydrogen (secondary N) is 1. The lowest BCUT2D eigenvalue weighted by atomic mass is 9.87. The third kappa shape index (κ3) is 4.16. The monoisotopic (exact) mass is 411 g/mol. The normalized spacial score (nSPS) is 21.1. The molecule has 2 aromatic carbocycles. The number of hydrogen-bond acceptors (Lipinski definition) is 4. The van der Waals surface area contributed by atoms with Crippen LogP contribution in [0.25, 0.3) is 0 Å². The standard InChI is InChI=1S/C23H26ClN3O2/c1-15-3-5-17(6-4-15)20-14-21(19-13-18(24)7-8-22(19)29)26-23(25-20)9-11-27(12-10-23)16(2)28/h3-8,13,20,25,29H,9-12,14H2,1-2H3/t20-/m1/s1. The zero-order chi connectivity index (χ0) is 20.6. The molecule has 2 aromatic rings. The van der Waals surface area contributed by atoms with Gasteiger partial charge in [-0.05, 0) is 30.7 Å². The first-order valence-corrected chi connectivity index (χ1v) is 10.4.